The molecular weight excluding hydrogens is 483 g/mol. The second-order valence-corrected chi connectivity index (χ2v) is 6.47. The molecular formula is C17H13F13O2. The molecule has 1 atom stereocenters. The molecule has 184 valence electrons. The van der Waals surface area contributed by atoms with Gasteiger partial charge in [-0.3, -0.25) is 4.79 Å². The Balaban J connectivity index is 3.44. The van der Waals surface area contributed by atoms with Crippen LogP contribution in [0.2, 0.25) is 0 Å². The van der Waals surface area contributed by atoms with E-state index in [1.807, 2.05) is 0 Å². The van der Waals surface area contributed by atoms with E-state index in [9.17, 15) is 61.9 Å². The molecule has 0 spiro atoms. The fraction of sp³-hybridized carbons (Fsp3) is 0.588. The van der Waals surface area contributed by atoms with Crippen LogP contribution in [0.25, 0.3) is 0 Å². The Morgan fingerprint density at radius 1 is 0.750 bits per heavy atom. The summed E-state index contributed by atoms with van der Waals surface area (Å²) < 4.78 is 176. The molecule has 0 fully saturated rings. The lowest BCUT2D eigenvalue weighted by Gasteiger charge is -2.39. The van der Waals surface area contributed by atoms with Crippen LogP contribution in [0.1, 0.15) is 30.9 Å². The Hall–Kier alpha value is -2.22. The summed E-state index contributed by atoms with van der Waals surface area (Å²) >= 11 is 0. The van der Waals surface area contributed by atoms with E-state index in [1.165, 1.54) is 13.8 Å². The number of carbonyl (C=O) groups is 1. The number of hydrogen-bond donors (Lipinski definition) is 0. The zero-order valence-corrected chi connectivity index (χ0v) is 15.8. The Labute approximate surface area is 171 Å². The van der Waals surface area contributed by atoms with Crippen LogP contribution in [0, 0.1) is 0 Å². The van der Waals surface area contributed by atoms with E-state index in [-0.39, 0.29) is 24.3 Å². The van der Waals surface area contributed by atoms with Crippen LogP contribution in [0.15, 0.2) is 24.3 Å². The summed E-state index contributed by atoms with van der Waals surface area (Å²) in [5.41, 5.74) is -2.29. The second kappa shape index (κ2) is 8.28. The second-order valence-electron chi connectivity index (χ2n) is 6.47. The number of esters is 1. The zero-order valence-electron chi connectivity index (χ0n) is 15.8. The highest BCUT2D eigenvalue weighted by atomic mass is 19.4. The van der Waals surface area contributed by atoms with Gasteiger partial charge in [-0.15, -0.1) is 0 Å². The van der Waals surface area contributed by atoms with Crippen molar-refractivity contribution >= 4 is 5.97 Å². The highest BCUT2D eigenvalue weighted by Crippen LogP contribution is 2.62. The molecule has 0 aromatic heterocycles. The van der Waals surface area contributed by atoms with Crippen molar-refractivity contribution in [1.82, 2.24) is 0 Å². The zero-order chi connectivity index (χ0) is 25.6. The first-order chi connectivity index (χ1) is 14.1. The third kappa shape index (κ3) is 4.09. The Morgan fingerprint density at radius 3 is 1.53 bits per heavy atom. The number of halogens is 13. The molecule has 1 unspecified atom stereocenters. The minimum Gasteiger partial charge on any atom is -0.466 e. The van der Waals surface area contributed by atoms with Crippen molar-refractivity contribution in [2.75, 3.05) is 6.61 Å². The maximum atomic E-state index is 14.1. The Kier molecular flexibility index (Phi) is 7.20. The summed E-state index contributed by atoms with van der Waals surface area (Å²) in [5.74, 6) is -39.4. The molecule has 1 aromatic rings. The van der Waals surface area contributed by atoms with Crippen LogP contribution in [0.3, 0.4) is 0 Å². The minimum absolute atomic E-state index is 0.00487. The van der Waals surface area contributed by atoms with E-state index in [4.69, 9.17) is 0 Å². The molecule has 0 aliphatic heterocycles. The monoisotopic (exact) mass is 496 g/mol. The first-order valence-electron chi connectivity index (χ1n) is 8.34. The van der Waals surface area contributed by atoms with Gasteiger partial charge in [0.2, 0.25) is 0 Å². The lowest BCUT2D eigenvalue weighted by Crippen LogP contribution is -2.69. The van der Waals surface area contributed by atoms with Crippen molar-refractivity contribution in [2.45, 2.75) is 55.6 Å². The first-order valence-corrected chi connectivity index (χ1v) is 8.34. The minimum atomic E-state index is -7.95. The molecule has 0 N–H and O–H groups in total. The fourth-order valence-electron chi connectivity index (χ4n) is 2.34. The summed E-state index contributed by atoms with van der Waals surface area (Å²) in [7, 11) is 0. The smallest absolute Gasteiger partial charge is 0.460 e. The van der Waals surface area contributed by atoms with E-state index < -0.39 is 53.2 Å². The van der Waals surface area contributed by atoms with Crippen molar-refractivity contribution in [3.05, 3.63) is 35.4 Å². The van der Waals surface area contributed by atoms with Gasteiger partial charge in [0.25, 0.3) is 0 Å². The molecule has 1 aromatic carbocycles. The van der Waals surface area contributed by atoms with Crippen molar-refractivity contribution in [3.63, 3.8) is 0 Å². The van der Waals surface area contributed by atoms with E-state index in [2.05, 4.69) is 4.74 Å². The quantitative estimate of drug-likeness (QED) is 0.302. The molecule has 32 heavy (non-hydrogen) atoms. The molecule has 15 heteroatoms. The van der Waals surface area contributed by atoms with Gasteiger partial charge in [-0.1, -0.05) is 24.3 Å². The molecule has 0 heterocycles. The first kappa shape index (κ1) is 27.8. The third-order valence-electron chi connectivity index (χ3n) is 4.35. The van der Waals surface area contributed by atoms with Crippen LogP contribution in [-0.4, -0.2) is 42.4 Å². The van der Waals surface area contributed by atoms with Gasteiger partial charge in [0.15, 0.2) is 0 Å². The van der Waals surface area contributed by atoms with E-state index in [0.717, 1.165) is 0 Å². The lowest BCUT2D eigenvalue weighted by atomic mass is 9.89. The summed E-state index contributed by atoms with van der Waals surface area (Å²) in [5, 5.41) is 0. The van der Waals surface area contributed by atoms with E-state index >= 15 is 0 Å². The molecule has 0 radical (unpaired) electrons. The number of carbonyl (C=O) groups excluding carboxylic acids is 1. The normalized spacial score (nSPS) is 15.5. The van der Waals surface area contributed by atoms with Crippen LogP contribution in [-0.2, 0) is 15.5 Å². The van der Waals surface area contributed by atoms with Gasteiger partial charge in [0.1, 0.15) is 0 Å². The predicted octanol–water partition coefficient (Wildman–Crippen LogP) is 6.55. The van der Waals surface area contributed by atoms with Crippen molar-refractivity contribution in [3.8, 4) is 0 Å². The molecule has 1 rings (SSSR count). The maximum Gasteiger partial charge on any atom is 0.460 e. The molecule has 0 saturated heterocycles. The number of rotatable bonds is 8. The number of benzene rings is 1. The topological polar surface area (TPSA) is 26.3 Å². The lowest BCUT2D eigenvalue weighted by molar-refractivity contribution is -0.441. The molecule has 0 aliphatic carbocycles. The Bertz CT molecular complexity index is 813. The summed E-state index contributed by atoms with van der Waals surface area (Å²) in [4.78, 5) is 11.6. The van der Waals surface area contributed by atoms with Gasteiger partial charge in [0, 0.05) is 5.56 Å². The highest BCUT2D eigenvalue weighted by Gasteiger charge is 2.90. The van der Waals surface area contributed by atoms with Gasteiger partial charge < -0.3 is 4.74 Å². The molecule has 0 bridgehead atoms. The fourth-order valence-corrected chi connectivity index (χ4v) is 2.34. The third-order valence-corrected chi connectivity index (χ3v) is 4.35. The van der Waals surface area contributed by atoms with Crippen LogP contribution in [0.5, 0.6) is 0 Å². The number of hydrogen-bond acceptors (Lipinski definition) is 2. The van der Waals surface area contributed by atoms with Gasteiger partial charge in [-0.2, -0.15) is 57.1 Å². The van der Waals surface area contributed by atoms with Crippen molar-refractivity contribution < 1.29 is 66.6 Å². The average Bonchev–Trinajstić information content (AvgIpc) is 2.66. The highest BCUT2D eigenvalue weighted by molar-refractivity contribution is 5.77. The van der Waals surface area contributed by atoms with Crippen LogP contribution >= 0.6 is 0 Å². The van der Waals surface area contributed by atoms with E-state index in [0.29, 0.717) is 12.1 Å². The maximum absolute atomic E-state index is 14.1. The van der Waals surface area contributed by atoms with Crippen LogP contribution in [0.4, 0.5) is 57.1 Å². The molecule has 2 nitrogen and oxygen atoms in total. The summed E-state index contributed by atoms with van der Waals surface area (Å²) in [6, 6.07) is 1.05. The Morgan fingerprint density at radius 2 is 1.16 bits per heavy atom. The average molecular weight is 496 g/mol. The molecule has 0 aliphatic rings. The van der Waals surface area contributed by atoms with Gasteiger partial charge in [-0.05, 0) is 19.4 Å². The van der Waals surface area contributed by atoms with E-state index in [1.54, 1.807) is 0 Å². The van der Waals surface area contributed by atoms with Crippen molar-refractivity contribution in [1.29, 1.82) is 0 Å². The molecule has 0 saturated carbocycles. The van der Waals surface area contributed by atoms with Crippen molar-refractivity contribution in [2.24, 2.45) is 0 Å². The summed E-state index contributed by atoms with van der Waals surface area (Å²) in [6.07, 6.45) is -7.46. The molecule has 0 amide bonds. The number of alkyl halides is 13. The largest absolute Gasteiger partial charge is 0.466 e. The van der Waals surface area contributed by atoms with Gasteiger partial charge in [-0.25, -0.2) is 0 Å². The number of ether oxygens (including phenoxy) is 1. The standard InChI is InChI=1S/C17H13F13O2/c1-3-32-11(31)8(2)9-4-6-10(7-5-9)12(18,19)13(20,21)14(22,23)15(24,25)16(26,27)17(28,29)30/h4-8H,3H2,1-2H3. The summed E-state index contributed by atoms with van der Waals surface area (Å²) in [6.45, 7) is 2.49. The van der Waals surface area contributed by atoms with Gasteiger partial charge >= 0.3 is 41.8 Å². The van der Waals surface area contributed by atoms with Crippen LogP contribution < -0.4 is 0 Å². The van der Waals surface area contributed by atoms with Gasteiger partial charge in [0.05, 0.1) is 12.5 Å². The predicted molar refractivity (Wildman–Crippen MR) is 81.2 cm³/mol. The SMILES string of the molecule is CCOC(=O)C(C)c1ccc(C(F)(F)C(F)(F)C(F)(F)C(F)(F)C(F)(F)C(F)(F)F)cc1.